The number of benzene rings is 1. The summed E-state index contributed by atoms with van der Waals surface area (Å²) in [6.07, 6.45) is 3.47. The van der Waals surface area contributed by atoms with Crippen LogP contribution in [0.3, 0.4) is 0 Å². The molecule has 3 rings (SSSR count). The fraction of sp³-hybridized carbons (Fsp3) is 0.529. The van der Waals surface area contributed by atoms with E-state index in [1.807, 2.05) is 13.0 Å². The summed E-state index contributed by atoms with van der Waals surface area (Å²) in [6.45, 7) is 4.11. The highest BCUT2D eigenvalue weighted by Crippen LogP contribution is 2.42. The fourth-order valence-electron chi connectivity index (χ4n) is 3.65. The van der Waals surface area contributed by atoms with Crippen molar-refractivity contribution in [3.8, 4) is 0 Å². The number of amides is 1. The number of carbonyl (C=O) groups excluding carboxylic acids is 2. The zero-order chi connectivity index (χ0) is 16.1. The second-order valence-corrected chi connectivity index (χ2v) is 7.94. The molecule has 5 heteroatoms. The van der Waals surface area contributed by atoms with Crippen molar-refractivity contribution in [2.75, 3.05) is 0 Å². The first-order valence-electron chi connectivity index (χ1n) is 7.66. The average molecular weight is 385 g/mol. The summed E-state index contributed by atoms with van der Waals surface area (Å²) < 4.78 is 0.780. The van der Waals surface area contributed by atoms with E-state index < -0.39 is 11.5 Å². The molecule has 118 valence electrons. The minimum Gasteiger partial charge on any atom is -0.343 e. The van der Waals surface area contributed by atoms with Crippen molar-refractivity contribution in [1.29, 1.82) is 0 Å². The Kier molecular flexibility index (Phi) is 4.11. The summed E-state index contributed by atoms with van der Waals surface area (Å²) >= 11 is 9.54. The lowest BCUT2D eigenvalue weighted by molar-refractivity contribution is -0.126. The Morgan fingerprint density at radius 2 is 1.91 bits per heavy atom. The zero-order valence-electron chi connectivity index (χ0n) is 12.7. The van der Waals surface area contributed by atoms with Gasteiger partial charge in [-0.15, -0.1) is 0 Å². The molecule has 1 heterocycles. The molecule has 1 saturated carbocycles. The SMILES string of the molecule is Cc1cc(Br)c(Cl)cc1C1C(=O)NC2(CCC(C)CC2)C1=O. The number of hydrogen-bond acceptors (Lipinski definition) is 2. The number of halogens is 2. The summed E-state index contributed by atoms with van der Waals surface area (Å²) in [4.78, 5) is 25.5. The second-order valence-electron chi connectivity index (χ2n) is 6.67. The van der Waals surface area contributed by atoms with Gasteiger partial charge in [0.15, 0.2) is 5.78 Å². The average Bonchev–Trinajstić information content (AvgIpc) is 2.70. The first kappa shape index (κ1) is 16.0. The molecule has 3 nitrogen and oxygen atoms in total. The van der Waals surface area contributed by atoms with Crippen molar-refractivity contribution >= 4 is 39.2 Å². The van der Waals surface area contributed by atoms with Gasteiger partial charge in [-0.2, -0.15) is 0 Å². The van der Waals surface area contributed by atoms with Gasteiger partial charge in [0.2, 0.25) is 5.91 Å². The Hall–Kier alpha value is -0.870. The van der Waals surface area contributed by atoms with E-state index in [0.29, 0.717) is 10.9 Å². The summed E-state index contributed by atoms with van der Waals surface area (Å²) in [5.74, 6) is -0.260. The van der Waals surface area contributed by atoms with Crippen LogP contribution in [-0.4, -0.2) is 17.2 Å². The van der Waals surface area contributed by atoms with Gasteiger partial charge in [0.1, 0.15) is 5.92 Å². The molecular formula is C17H19BrClNO2. The van der Waals surface area contributed by atoms with Gasteiger partial charge in [-0.05, 0) is 77.7 Å². The lowest BCUT2D eigenvalue weighted by atomic mass is 9.73. The van der Waals surface area contributed by atoms with Gasteiger partial charge in [-0.1, -0.05) is 18.5 Å². The van der Waals surface area contributed by atoms with Crippen molar-refractivity contribution in [1.82, 2.24) is 5.32 Å². The molecule has 2 fully saturated rings. The van der Waals surface area contributed by atoms with Gasteiger partial charge in [0.25, 0.3) is 0 Å². The summed E-state index contributed by atoms with van der Waals surface area (Å²) in [5.41, 5.74) is 0.984. The van der Waals surface area contributed by atoms with Crippen LogP contribution >= 0.6 is 27.5 Å². The molecular weight excluding hydrogens is 366 g/mol. The highest BCUT2D eigenvalue weighted by atomic mass is 79.9. The van der Waals surface area contributed by atoms with Crippen LogP contribution in [0.15, 0.2) is 16.6 Å². The molecule has 1 spiro atoms. The van der Waals surface area contributed by atoms with E-state index in [0.717, 1.165) is 41.3 Å². The van der Waals surface area contributed by atoms with E-state index in [4.69, 9.17) is 11.6 Å². The van der Waals surface area contributed by atoms with Crippen LogP contribution in [0.1, 0.15) is 49.7 Å². The molecule has 1 aliphatic carbocycles. The molecule has 22 heavy (non-hydrogen) atoms. The Bertz CT molecular complexity index is 650. The molecule has 1 aliphatic heterocycles. The van der Waals surface area contributed by atoms with Crippen LogP contribution in [0, 0.1) is 12.8 Å². The van der Waals surface area contributed by atoms with Crippen LogP contribution in [-0.2, 0) is 9.59 Å². The van der Waals surface area contributed by atoms with Crippen LogP contribution in [0.2, 0.25) is 5.02 Å². The van der Waals surface area contributed by atoms with Gasteiger partial charge < -0.3 is 5.32 Å². The Morgan fingerprint density at radius 1 is 1.27 bits per heavy atom. The lowest BCUT2D eigenvalue weighted by Gasteiger charge is -2.34. The van der Waals surface area contributed by atoms with Crippen molar-refractivity contribution < 1.29 is 9.59 Å². The standard InChI is InChI=1S/C17H19BrClNO2/c1-9-3-5-17(6-4-9)15(21)14(16(22)20-17)11-8-13(19)12(18)7-10(11)2/h7-9,14H,3-6H2,1-2H3,(H,20,22). The topological polar surface area (TPSA) is 46.2 Å². The van der Waals surface area contributed by atoms with Crippen molar-refractivity contribution in [2.45, 2.75) is 51.0 Å². The van der Waals surface area contributed by atoms with Crippen LogP contribution < -0.4 is 5.32 Å². The van der Waals surface area contributed by atoms with Gasteiger partial charge >= 0.3 is 0 Å². The zero-order valence-corrected chi connectivity index (χ0v) is 15.1. The van der Waals surface area contributed by atoms with E-state index >= 15 is 0 Å². The summed E-state index contributed by atoms with van der Waals surface area (Å²) in [5, 5.41) is 3.53. The van der Waals surface area contributed by atoms with Crippen LogP contribution in [0.25, 0.3) is 0 Å². The van der Waals surface area contributed by atoms with E-state index in [-0.39, 0.29) is 11.7 Å². The van der Waals surface area contributed by atoms with Crippen molar-refractivity contribution in [2.24, 2.45) is 5.92 Å². The van der Waals surface area contributed by atoms with Crippen LogP contribution in [0.4, 0.5) is 0 Å². The Labute approximate surface area is 143 Å². The van der Waals surface area contributed by atoms with Crippen molar-refractivity contribution in [3.05, 3.63) is 32.8 Å². The fourth-order valence-corrected chi connectivity index (χ4v) is 4.28. The number of nitrogens with one attached hydrogen (secondary N) is 1. The summed E-state index contributed by atoms with van der Waals surface area (Å²) in [6, 6.07) is 3.61. The maximum Gasteiger partial charge on any atom is 0.235 e. The Balaban J connectivity index is 1.97. The lowest BCUT2D eigenvalue weighted by Crippen LogP contribution is -2.49. The maximum atomic E-state index is 13.0. The predicted molar refractivity (Wildman–Crippen MR) is 90.1 cm³/mol. The molecule has 1 atom stereocenters. The third-order valence-corrected chi connectivity index (χ3v) is 6.30. The normalized spacial score (nSPS) is 31.6. The molecule has 0 radical (unpaired) electrons. The smallest absolute Gasteiger partial charge is 0.235 e. The predicted octanol–water partition coefficient (Wildman–Crippen LogP) is 4.14. The van der Waals surface area contributed by atoms with Gasteiger partial charge in [0, 0.05) is 4.47 Å². The number of hydrogen-bond donors (Lipinski definition) is 1. The molecule has 2 aliphatic rings. The summed E-state index contributed by atoms with van der Waals surface area (Å²) in [7, 11) is 0. The third kappa shape index (κ3) is 2.50. The van der Waals surface area contributed by atoms with Gasteiger partial charge in [0.05, 0.1) is 10.6 Å². The highest BCUT2D eigenvalue weighted by Gasteiger charge is 2.53. The highest BCUT2D eigenvalue weighted by molar-refractivity contribution is 9.10. The molecule has 1 aromatic rings. The van der Waals surface area contributed by atoms with E-state index in [2.05, 4.69) is 28.2 Å². The number of carbonyl (C=O) groups is 2. The van der Waals surface area contributed by atoms with E-state index in [9.17, 15) is 9.59 Å². The quantitative estimate of drug-likeness (QED) is 0.740. The molecule has 1 amide bonds. The second kappa shape index (κ2) is 5.64. The number of aryl methyl sites for hydroxylation is 1. The maximum absolute atomic E-state index is 13.0. The minimum absolute atomic E-state index is 0.0193. The first-order valence-corrected chi connectivity index (χ1v) is 8.83. The first-order chi connectivity index (χ1) is 10.3. The third-order valence-electron chi connectivity index (χ3n) is 5.11. The monoisotopic (exact) mass is 383 g/mol. The number of Topliss-reactive ketones (excluding diaryl/α,β-unsaturated/α-hetero) is 1. The van der Waals surface area contributed by atoms with Gasteiger partial charge in [-0.25, -0.2) is 0 Å². The number of ketones is 1. The number of rotatable bonds is 1. The van der Waals surface area contributed by atoms with Gasteiger partial charge in [-0.3, -0.25) is 9.59 Å². The molecule has 1 N–H and O–H groups in total. The Morgan fingerprint density at radius 3 is 2.55 bits per heavy atom. The molecule has 1 aromatic carbocycles. The minimum atomic E-state index is -0.723. The van der Waals surface area contributed by atoms with Crippen LogP contribution in [0.5, 0.6) is 0 Å². The van der Waals surface area contributed by atoms with E-state index in [1.54, 1.807) is 6.07 Å². The molecule has 0 bridgehead atoms. The molecule has 1 saturated heterocycles. The van der Waals surface area contributed by atoms with Crippen molar-refractivity contribution in [3.63, 3.8) is 0 Å². The molecule has 1 unspecified atom stereocenters. The largest absolute Gasteiger partial charge is 0.343 e. The molecule has 0 aromatic heterocycles. The van der Waals surface area contributed by atoms with E-state index in [1.165, 1.54) is 0 Å².